The molecule has 0 aliphatic carbocycles. The van der Waals surface area contributed by atoms with Crippen molar-refractivity contribution in [2.45, 2.75) is 10.7 Å². The van der Waals surface area contributed by atoms with Gasteiger partial charge in [0.1, 0.15) is 10.7 Å². The van der Waals surface area contributed by atoms with Crippen molar-refractivity contribution in [3.05, 3.63) is 34.1 Å². The van der Waals surface area contributed by atoms with Gasteiger partial charge in [-0.1, -0.05) is 6.07 Å². The lowest BCUT2D eigenvalue weighted by Gasteiger charge is -2.02. The van der Waals surface area contributed by atoms with Gasteiger partial charge in [-0.15, -0.1) is 0 Å². The largest absolute Gasteiger partial charge is 0.289 e. The third-order valence-corrected chi connectivity index (χ3v) is 2.17. The van der Waals surface area contributed by atoms with Gasteiger partial charge in [0.2, 0.25) is 0 Å². The highest BCUT2D eigenvalue weighted by atomic mass is 32.2. The van der Waals surface area contributed by atoms with Crippen LogP contribution in [0.2, 0.25) is 0 Å². The molecule has 0 aliphatic heterocycles. The van der Waals surface area contributed by atoms with E-state index < -0.39 is 27.1 Å². The Labute approximate surface area is 81.1 Å². The van der Waals surface area contributed by atoms with E-state index in [4.69, 9.17) is 0 Å². The van der Waals surface area contributed by atoms with Gasteiger partial charge in [0.25, 0.3) is 11.4 Å². The van der Waals surface area contributed by atoms with Crippen LogP contribution < -0.4 is 0 Å². The van der Waals surface area contributed by atoms with Gasteiger partial charge in [-0.05, 0) is 17.8 Å². The summed E-state index contributed by atoms with van der Waals surface area (Å²) in [6.07, 6.45) is 0. The van der Waals surface area contributed by atoms with E-state index in [1.54, 1.807) is 0 Å². The fourth-order valence-corrected chi connectivity index (χ4v) is 1.47. The molecule has 0 amide bonds. The lowest BCUT2D eigenvalue weighted by atomic mass is 10.3. The molecular formula is C7H4F3NO2S. The number of benzene rings is 1. The van der Waals surface area contributed by atoms with Gasteiger partial charge in [-0.25, -0.2) is 4.39 Å². The van der Waals surface area contributed by atoms with Crippen LogP contribution in [0.25, 0.3) is 0 Å². The standard InChI is InChI=1S/C7H4F3NO2S/c8-4-2-1-3-5(11(12)13)6(4)14-7(9)10/h1-3,7H. The summed E-state index contributed by atoms with van der Waals surface area (Å²) in [5.41, 5.74) is -0.643. The highest BCUT2D eigenvalue weighted by Crippen LogP contribution is 2.35. The van der Waals surface area contributed by atoms with Crippen LogP contribution in [0.4, 0.5) is 18.9 Å². The minimum atomic E-state index is -2.88. The van der Waals surface area contributed by atoms with Crippen LogP contribution in [-0.2, 0) is 0 Å². The summed E-state index contributed by atoms with van der Waals surface area (Å²) < 4.78 is 36.7. The Bertz CT molecular complexity index is 359. The summed E-state index contributed by atoms with van der Waals surface area (Å²) in [4.78, 5) is 8.81. The lowest BCUT2D eigenvalue weighted by molar-refractivity contribution is -0.388. The molecule has 14 heavy (non-hydrogen) atoms. The average Bonchev–Trinajstić information content (AvgIpc) is 2.07. The third kappa shape index (κ3) is 2.38. The molecule has 0 bridgehead atoms. The van der Waals surface area contributed by atoms with E-state index in [-0.39, 0.29) is 11.8 Å². The highest BCUT2D eigenvalue weighted by molar-refractivity contribution is 7.99. The normalized spacial score (nSPS) is 10.6. The average molecular weight is 223 g/mol. The Morgan fingerprint density at radius 1 is 1.43 bits per heavy atom. The van der Waals surface area contributed by atoms with Crippen molar-refractivity contribution >= 4 is 17.4 Å². The number of nitrogens with zero attached hydrogens (tertiary/aromatic N) is 1. The summed E-state index contributed by atoms with van der Waals surface area (Å²) in [6, 6.07) is 2.98. The second kappa shape index (κ2) is 4.32. The second-order valence-corrected chi connectivity index (χ2v) is 3.22. The van der Waals surface area contributed by atoms with Crippen molar-refractivity contribution in [3.63, 3.8) is 0 Å². The smallest absolute Gasteiger partial charge is 0.258 e. The lowest BCUT2D eigenvalue weighted by Crippen LogP contribution is -1.95. The van der Waals surface area contributed by atoms with Gasteiger partial charge in [-0.3, -0.25) is 10.1 Å². The van der Waals surface area contributed by atoms with Crippen LogP contribution >= 0.6 is 11.8 Å². The number of halogens is 3. The number of alkyl halides is 2. The van der Waals surface area contributed by atoms with Crippen molar-refractivity contribution in [2.24, 2.45) is 0 Å². The Morgan fingerprint density at radius 2 is 2.07 bits per heavy atom. The molecule has 7 heteroatoms. The molecule has 0 saturated heterocycles. The first kappa shape index (κ1) is 10.8. The summed E-state index contributed by atoms with van der Waals surface area (Å²) >= 11 is -0.170. The van der Waals surface area contributed by atoms with Crippen molar-refractivity contribution in [2.75, 3.05) is 0 Å². The monoisotopic (exact) mass is 223 g/mol. The molecule has 3 nitrogen and oxygen atoms in total. The van der Waals surface area contributed by atoms with Crippen LogP contribution in [0.5, 0.6) is 0 Å². The van der Waals surface area contributed by atoms with E-state index in [2.05, 4.69) is 0 Å². The van der Waals surface area contributed by atoms with E-state index in [1.165, 1.54) is 0 Å². The molecule has 0 radical (unpaired) electrons. The topological polar surface area (TPSA) is 43.1 Å². The third-order valence-electron chi connectivity index (χ3n) is 1.35. The SMILES string of the molecule is O=[N+]([O-])c1cccc(F)c1SC(F)F. The maximum Gasteiger partial charge on any atom is 0.289 e. The quantitative estimate of drug-likeness (QED) is 0.449. The van der Waals surface area contributed by atoms with Crippen molar-refractivity contribution in [1.82, 2.24) is 0 Å². The van der Waals surface area contributed by atoms with Gasteiger partial charge in [0, 0.05) is 6.07 Å². The second-order valence-electron chi connectivity index (χ2n) is 2.22. The molecule has 0 N–H and O–H groups in total. The zero-order valence-corrected chi connectivity index (χ0v) is 7.43. The molecule has 0 heterocycles. The maximum absolute atomic E-state index is 12.9. The Hall–Kier alpha value is -1.24. The molecule has 1 rings (SSSR count). The summed E-state index contributed by atoms with van der Waals surface area (Å²) in [5.74, 6) is -3.89. The van der Waals surface area contributed by atoms with Crippen LogP contribution in [0.3, 0.4) is 0 Å². The Balaban J connectivity index is 3.15. The predicted octanol–water partition coefficient (Wildman–Crippen LogP) is 3.05. The van der Waals surface area contributed by atoms with Gasteiger partial charge in [0.15, 0.2) is 0 Å². The number of hydrogen-bond acceptors (Lipinski definition) is 3. The van der Waals surface area contributed by atoms with E-state index in [0.29, 0.717) is 0 Å². The molecule has 0 aromatic heterocycles. The van der Waals surface area contributed by atoms with Crippen molar-refractivity contribution in [3.8, 4) is 0 Å². The van der Waals surface area contributed by atoms with Crippen LogP contribution in [0, 0.1) is 15.9 Å². The minimum Gasteiger partial charge on any atom is -0.258 e. The number of thioether (sulfide) groups is 1. The minimum absolute atomic E-state index is 0.170. The Morgan fingerprint density at radius 3 is 2.57 bits per heavy atom. The summed E-state index contributed by atoms with van der Waals surface area (Å²) in [5, 5.41) is 10.3. The fourth-order valence-electron chi connectivity index (χ4n) is 0.847. The predicted molar refractivity (Wildman–Crippen MR) is 44.9 cm³/mol. The van der Waals surface area contributed by atoms with Crippen molar-refractivity contribution in [1.29, 1.82) is 0 Å². The molecule has 1 aromatic rings. The van der Waals surface area contributed by atoms with Crippen LogP contribution in [0.1, 0.15) is 0 Å². The zero-order valence-electron chi connectivity index (χ0n) is 6.62. The van der Waals surface area contributed by atoms with Gasteiger partial charge >= 0.3 is 0 Å². The number of rotatable bonds is 3. The molecule has 0 atom stereocenters. The first-order valence-electron chi connectivity index (χ1n) is 3.40. The zero-order chi connectivity index (χ0) is 10.7. The first-order chi connectivity index (χ1) is 6.52. The van der Waals surface area contributed by atoms with Gasteiger partial charge < -0.3 is 0 Å². The molecular weight excluding hydrogens is 219 g/mol. The maximum atomic E-state index is 12.9. The van der Waals surface area contributed by atoms with Crippen LogP contribution in [0.15, 0.2) is 23.1 Å². The Kier molecular flexibility index (Phi) is 3.34. The number of nitro groups is 1. The summed E-state index contributed by atoms with van der Waals surface area (Å²) in [7, 11) is 0. The highest BCUT2D eigenvalue weighted by Gasteiger charge is 2.21. The number of nitro benzene ring substituents is 1. The summed E-state index contributed by atoms with van der Waals surface area (Å²) in [6.45, 7) is 0. The van der Waals surface area contributed by atoms with Gasteiger partial charge in [-0.2, -0.15) is 8.78 Å². The molecule has 0 saturated carbocycles. The molecule has 0 spiro atoms. The molecule has 0 fully saturated rings. The molecule has 76 valence electrons. The van der Waals surface area contributed by atoms with Crippen LogP contribution in [-0.4, -0.2) is 10.7 Å². The van der Waals surface area contributed by atoms with E-state index in [1.807, 2.05) is 0 Å². The first-order valence-corrected chi connectivity index (χ1v) is 4.28. The number of hydrogen-bond donors (Lipinski definition) is 0. The van der Waals surface area contributed by atoms with Gasteiger partial charge in [0.05, 0.1) is 4.92 Å². The molecule has 0 unspecified atom stereocenters. The van der Waals surface area contributed by atoms with Crippen molar-refractivity contribution < 1.29 is 18.1 Å². The molecule has 0 aliphatic rings. The van der Waals surface area contributed by atoms with E-state index in [0.717, 1.165) is 18.2 Å². The van der Waals surface area contributed by atoms with E-state index >= 15 is 0 Å². The molecule has 1 aromatic carbocycles. The van der Waals surface area contributed by atoms with E-state index in [9.17, 15) is 23.3 Å². The fraction of sp³-hybridized carbons (Fsp3) is 0.143.